The third-order valence-corrected chi connectivity index (χ3v) is 4.94. The molecule has 6 heteroatoms. The van der Waals surface area contributed by atoms with Gasteiger partial charge in [-0.15, -0.1) is 0 Å². The van der Waals surface area contributed by atoms with E-state index in [1.807, 2.05) is 42.5 Å². The van der Waals surface area contributed by atoms with E-state index < -0.39 is 5.91 Å². The molecule has 0 radical (unpaired) electrons. The number of anilines is 2. The zero-order chi connectivity index (χ0) is 19.8. The molecule has 2 heterocycles. The van der Waals surface area contributed by atoms with Crippen LogP contribution in [0.5, 0.6) is 0 Å². The van der Waals surface area contributed by atoms with Gasteiger partial charge in [-0.1, -0.05) is 44.4 Å². The van der Waals surface area contributed by atoms with Crippen molar-refractivity contribution in [2.45, 2.75) is 39.2 Å². The van der Waals surface area contributed by atoms with Crippen LogP contribution in [0.25, 0.3) is 0 Å². The van der Waals surface area contributed by atoms with Gasteiger partial charge in [0.15, 0.2) is 0 Å². The lowest BCUT2D eigenvalue weighted by Crippen LogP contribution is -2.54. The van der Waals surface area contributed by atoms with Gasteiger partial charge in [0.05, 0.1) is 0 Å². The van der Waals surface area contributed by atoms with Crippen molar-refractivity contribution in [2.75, 3.05) is 25.0 Å². The lowest BCUT2D eigenvalue weighted by molar-refractivity contribution is -0.156. The Labute approximate surface area is 166 Å². The van der Waals surface area contributed by atoms with Gasteiger partial charge in [-0.2, -0.15) is 0 Å². The van der Waals surface area contributed by atoms with E-state index in [0.717, 1.165) is 36.3 Å². The summed E-state index contributed by atoms with van der Waals surface area (Å²) in [4.78, 5) is 32.4. The lowest BCUT2D eigenvalue weighted by Gasteiger charge is -2.33. The quantitative estimate of drug-likeness (QED) is 0.533. The molecule has 0 saturated carbocycles. The first kappa shape index (κ1) is 19.9. The summed E-state index contributed by atoms with van der Waals surface area (Å²) in [5.74, 6) is 0.0275. The van der Waals surface area contributed by atoms with E-state index in [-0.39, 0.29) is 5.91 Å². The maximum atomic E-state index is 12.5. The van der Waals surface area contributed by atoms with Crippen LogP contribution in [0.1, 0.15) is 38.2 Å². The number of nitrogens with one attached hydrogen (secondary N) is 1. The second-order valence-corrected chi connectivity index (χ2v) is 7.12. The van der Waals surface area contributed by atoms with Crippen LogP contribution >= 0.6 is 0 Å². The number of pyridine rings is 1. The van der Waals surface area contributed by atoms with Crippen molar-refractivity contribution in [1.82, 2.24) is 14.8 Å². The van der Waals surface area contributed by atoms with Crippen LogP contribution in [0.2, 0.25) is 0 Å². The van der Waals surface area contributed by atoms with Gasteiger partial charge >= 0.3 is 11.8 Å². The number of carbonyl (C=O) groups is 2. The highest BCUT2D eigenvalue weighted by Crippen LogP contribution is 2.17. The van der Waals surface area contributed by atoms with Crippen LogP contribution in [-0.2, 0) is 16.1 Å². The second-order valence-electron chi connectivity index (χ2n) is 7.12. The standard InChI is InChI=1S/C22H28N4O2/c1-2-3-4-7-14-25-15-16-26(22(28)21(25)27)17-18-9-11-19(12-10-18)24-20-8-5-6-13-23-20/h5-6,8-13H,2-4,7,14-17H2,1H3,(H,23,24). The normalized spacial score (nSPS) is 14.5. The van der Waals surface area contributed by atoms with Crippen LogP contribution in [0.3, 0.4) is 0 Å². The van der Waals surface area contributed by atoms with E-state index in [1.54, 1.807) is 16.0 Å². The van der Waals surface area contributed by atoms with Gasteiger partial charge < -0.3 is 15.1 Å². The zero-order valence-electron chi connectivity index (χ0n) is 16.4. The summed E-state index contributed by atoms with van der Waals surface area (Å²) in [5, 5.41) is 3.23. The number of amides is 2. The first-order valence-corrected chi connectivity index (χ1v) is 10.0. The minimum Gasteiger partial charge on any atom is -0.340 e. The summed E-state index contributed by atoms with van der Waals surface area (Å²) in [5.41, 5.74) is 1.94. The van der Waals surface area contributed by atoms with Crippen LogP contribution in [0, 0.1) is 0 Å². The second kappa shape index (κ2) is 9.88. The molecular formula is C22H28N4O2. The van der Waals surface area contributed by atoms with Crippen molar-refractivity contribution in [3.05, 3.63) is 54.2 Å². The summed E-state index contributed by atoms with van der Waals surface area (Å²) < 4.78 is 0. The highest BCUT2D eigenvalue weighted by molar-refractivity contribution is 6.35. The number of nitrogens with zero attached hydrogens (tertiary/aromatic N) is 3. The molecule has 3 rings (SSSR count). The van der Waals surface area contributed by atoms with Crippen molar-refractivity contribution < 1.29 is 9.59 Å². The molecule has 1 N–H and O–H groups in total. The Morgan fingerprint density at radius 2 is 1.68 bits per heavy atom. The van der Waals surface area contributed by atoms with Crippen molar-refractivity contribution in [2.24, 2.45) is 0 Å². The topological polar surface area (TPSA) is 65.5 Å². The summed E-state index contributed by atoms with van der Waals surface area (Å²) in [6, 6.07) is 13.6. The predicted molar refractivity (Wildman–Crippen MR) is 110 cm³/mol. The number of piperazine rings is 1. The third kappa shape index (κ3) is 5.31. The van der Waals surface area contributed by atoms with Crippen LogP contribution in [-0.4, -0.2) is 46.2 Å². The molecule has 1 aromatic carbocycles. The number of benzene rings is 1. The Morgan fingerprint density at radius 3 is 2.39 bits per heavy atom. The molecule has 0 bridgehead atoms. The largest absolute Gasteiger partial charge is 0.340 e. The van der Waals surface area contributed by atoms with Crippen molar-refractivity contribution in [3.63, 3.8) is 0 Å². The molecule has 0 atom stereocenters. The van der Waals surface area contributed by atoms with Crippen molar-refractivity contribution in [3.8, 4) is 0 Å². The van der Waals surface area contributed by atoms with Gasteiger partial charge in [-0.25, -0.2) is 4.98 Å². The maximum absolute atomic E-state index is 12.5. The molecule has 28 heavy (non-hydrogen) atoms. The number of aromatic nitrogens is 1. The Morgan fingerprint density at radius 1 is 0.929 bits per heavy atom. The molecule has 1 aliphatic rings. The van der Waals surface area contributed by atoms with E-state index in [4.69, 9.17) is 0 Å². The number of carbonyl (C=O) groups excluding carboxylic acids is 2. The summed E-state index contributed by atoms with van der Waals surface area (Å²) in [6.45, 7) is 4.52. The molecule has 0 unspecified atom stereocenters. The van der Waals surface area contributed by atoms with Crippen LogP contribution in [0.15, 0.2) is 48.7 Å². The fourth-order valence-electron chi connectivity index (χ4n) is 3.31. The van der Waals surface area contributed by atoms with Crippen molar-refractivity contribution in [1.29, 1.82) is 0 Å². The molecule has 2 amide bonds. The van der Waals surface area contributed by atoms with Crippen LogP contribution in [0.4, 0.5) is 11.5 Å². The highest BCUT2D eigenvalue weighted by atomic mass is 16.2. The highest BCUT2D eigenvalue weighted by Gasteiger charge is 2.31. The zero-order valence-corrected chi connectivity index (χ0v) is 16.4. The molecule has 6 nitrogen and oxygen atoms in total. The summed E-state index contributed by atoms with van der Waals surface area (Å²) in [6.07, 6.45) is 6.15. The first-order valence-electron chi connectivity index (χ1n) is 10.0. The van der Waals surface area contributed by atoms with E-state index in [9.17, 15) is 9.59 Å². The van der Waals surface area contributed by atoms with Gasteiger partial charge in [-0.3, -0.25) is 9.59 Å². The molecule has 1 aliphatic heterocycles. The smallest absolute Gasteiger partial charge is 0.312 e. The van der Waals surface area contributed by atoms with Crippen molar-refractivity contribution >= 4 is 23.3 Å². The number of rotatable bonds is 9. The minimum atomic E-state index is -0.391. The average molecular weight is 380 g/mol. The van der Waals surface area contributed by atoms with Crippen LogP contribution < -0.4 is 5.32 Å². The Bertz CT molecular complexity index is 777. The minimum absolute atomic E-state index is 0.365. The van der Waals surface area contributed by atoms with E-state index in [2.05, 4.69) is 17.2 Å². The predicted octanol–water partition coefficient (Wildman–Crippen LogP) is 3.58. The lowest BCUT2D eigenvalue weighted by atomic mass is 10.1. The number of hydrogen-bond donors (Lipinski definition) is 1. The average Bonchev–Trinajstić information content (AvgIpc) is 2.72. The molecule has 148 valence electrons. The molecule has 2 aromatic rings. The summed E-state index contributed by atoms with van der Waals surface area (Å²) >= 11 is 0. The van der Waals surface area contributed by atoms with E-state index in [1.165, 1.54) is 6.42 Å². The van der Waals surface area contributed by atoms with Gasteiger partial charge in [0.25, 0.3) is 0 Å². The Kier molecular flexibility index (Phi) is 7.00. The molecule has 0 spiro atoms. The molecule has 0 aliphatic carbocycles. The van der Waals surface area contributed by atoms with Gasteiger partial charge in [0, 0.05) is 38.1 Å². The monoisotopic (exact) mass is 380 g/mol. The molecule has 1 saturated heterocycles. The molecular weight excluding hydrogens is 352 g/mol. The summed E-state index contributed by atoms with van der Waals surface area (Å²) in [7, 11) is 0. The van der Waals surface area contributed by atoms with E-state index >= 15 is 0 Å². The SMILES string of the molecule is CCCCCCN1CCN(Cc2ccc(Nc3ccccn3)cc2)C(=O)C1=O. The maximum Gasteiger partial charge on any atom is 0.312 e. The number of unbranched alkanes of at least 4 members (excludes halogenated alkanes) is 3. The van der Waals surface area contributed by atoms with Gasteiger partial charge in [0.2, 0.25) is 0 Å². The Balaban J connectivity index is 1.51. The third-order valence-electron chi connectivity index (χ3n) is 4.94. The number of hydrogen-bond acceptors (Lipinski definition) is 4. The first-order chi connectivity index (χ1) is 13.7. The Hall–Kier alpha value is -2.89. The fraction of sp³-hybridized carbons (Fsp3) is 0.409. The molecule has 1 aromatic heterocycles. The van der Waals surface area contributed by atoms with E-state index in [0.29, 0.717) is 26.2 Å². The van der Waals surface area contributed by atoms with Gasteiger partial charge in [0.1, 0.15) is 5.82 Å². The van der Waals surface area contributed by atoms with Gasteiger partial charge in [-0.05, 0) is 36.2 Å². The molecule has 1 fully saturated rings. The fourth-order valence-corrected chi connectivity index (χ4v) is 3.31.